The highest BCUT2D eigenvalue weighted by Gasteiger charge is 2.12. The number of hydrogen-bond acceptors (Lipinski definition) is 2. The number of carboxylic acid groups (broad SMARTS) is 1. The van der Waals surface area contributed by atoms with Crippen LogP contribution in [0.5, 0.6) is 0 Å². The molecule has 2 aromatic rings. The average Bonchev–Trinajstić information content (AvgIpc) is 2.47. The van der Waals surface area contributed by atoms with E-state index in [4.69, 9.17) is 5.11 Å². The van der Waals surface area contributed by atoms with E-state index in [0.29, 0.717) is 17.7 Å². The zero-order valence-electron chi connectivity index (χ0n) is 12.1. The summed E-state index contributed by atoms with van der Waals surface area (Å²) in [5, 5.41) is 11.3. The first kappa shape index (κ1) is 15.7. The van der Waals surface area contributed by atoms with Gasteiger partial charge in [0.2, 0.25) is 0 Å². The van der Waals surface area contributed by atoms with E-state index in [1.807, 2.05) is 0 Å². The van der Waals surface area contributed by atoms with Crippen molar-refractivity contribution < 1.29 is 19.1 Å². The maximum absolute atomic E-state index is 14.0. The number of benzene rings is 2. The molecule has 2 rings (SSSR count). The smallest absolute Gasteiger partial charge is 0.307 e. The molecule has 0 unspecified atom stereocenters. The van der Waals surface area contributed by atoms with E-state index in [1.165, 1.54) is 12.1 Å². The molecule has 4 nitrogen and oxygen atoms in total. The standard InChI is InChI=1S/C17H16FNO3/c1-2-19-17(22)14-8-7-13(10-15(14)18)12-5-3-11(4-6-12)9-16(20)21/h3-8,10H,2,9H2,1H3,(H,19,22)(H,20,21). The number of nitrogens with one attached hydrogen (secondary N) is 1. The number of halogens is 1. The minimum absolute atomic E-state index is 0.00750. The molecule has 114 valence electrons. The Morgan fingerprint density at radius 3 is 2.27 bits per heavy atom. The second kappa shape index (κ2) is 6.85. The molecule has 0 heterocycles. The van der Waals surface area contributed by atoms with Crippen LogP contribution in [0.1, 0.15) is 22.8 Å². The van der Waals surface area contributed by atoms with Crippen molar-refractivity contribution in [2.75, 3.05) is 6.54 Å². The van der Waals surface area contributed by atoms with Crippen LogP contribution in [0.15, 0.2) is 42.5 Å². The Labute approximate surface area is 127 Å². The number of rotatable bonds is 5. The molecule has 0 radical (unpaired) electrons. The van der Waals surface area contributed by atoms with Gasteiger partial charge in [-0.2, -0.15) is 0 Å². The molecule has 0 saturated heterocycles. The van der Waals surface area contributed by atoms with Crippen LogP contribution < -0.4 is 5.32 Å². The summed E-state index contributed by atoms with van der Waals surface area (Å²) in [4.78, 5) is 22.3. The quantitative estimate of drug-likeness (QED) is 0.892. The Morgan fingerprint density at radius 2 is 1.73 bits per heavy atom. The van der Waals surface area contributed by atoms with Gasteiger partial charge in [-0.05, 0) is 35.7 Å². The zero-order valence-corrected chi connectivity index (χ0v) is 12.1. The normalized spacial score (nSPS) is 10.3. The molecule has 5 heteroatoms. The molecular formula is C17H16FNO3. The largest absolute Gasteiger partial charge is 0.481 e. The maximum Gasteiger partial charge on any atom is 0.307 e. The van der Waals surface area contributed by atoms with Gasteiger partial charge in [-0.15, -0.1) is 0 Å². The summed E-state index contributed by atoms with van der Waals surface area (Å²) < 4.78 is 14.0. The van der Waals surface area contributed by atoms with Crippen molar-refractivity contribution in [1.82, 2.24) is 5.32 Å². The Balaban J connectivity index is 2.24. The van der Waals surface area contributed by atoms with Crippen molar-refractivity contribution in [3.05, 3.63) is 59.4 Å². The van der Waals surface area contributed by atoms with Crippen LogP contribution in [0.4, 0.5) is 4.39 Å². The second-order valence-electron chi connectivity index (χ2n) is 4.82. The third-order valence-electron chi connectivity index (χ3n) is 3.19. The highest BCUT2D eigenvalue weighted by Crippen LogP contribution is 2.22. The summed E-state index contributed by atoms with van der Waals surface area (Å²) >= 11 is 0. The summed E-state index contributed by atoms with van der Waals surface area (Å²) in [6, 6.07) is 11.3. The number of carboxylic acids is 1. The number of amides is 1. The molecule has 0 spiro atoms. The van der Waals surface area contributed by atoms with Gasteiger partial charge in [-0.1, -0.05) is 30.3 Å². The van der Waals surface area contributed by atoms with E-state index in [9.17, 15) is 14.0 Å². The number of carbonyl (C=O) groups excluding carboxylic acids is 1. The van der Waals surface area contributed by atoms with Gasteiger partial charge in [0, 0.05) is 6.54 Å². The van der Waals surface area contributed by atoms with Crippen LogP contribution in [-0.4, -0.2) is 23.5 Å². The van der Waals surface area contributed by atoms with E-state index >= 15 is 0 Å². The van der Waals surface area contributed by atoms with Crippen LogP contribution >= 0.6 is 0 Å². The van der Waals surface area contributed by atoms with Crippen molar-refractivity contribution in [3.8, 4) is 11.1 Å². The minimum atomic E-state index is -0.898. The van der Waals surface area contributed by atoms with Gasteiger partial charge in [0.05, 0.1) is 12.0 Å². The lowest BCUT2D eigenvalue weighted by molar-refractivity contribution is -0.136. The van der Waals surface area contributed by atoms with Gasteiger partial charge in [0.25, 0.3) is 5.91 Å². The van der Waals surface area contributed by atoms with Crippen molar-refractivity contribution in [2.24, 2.45) is 0 Å². The van der Waals surface area contributed by atoms with E-state index in [-0.39, 0.29) is 12.0 Å². The van der Waals surface area contributed by atoms with Crippen LogP contribution in [0.2, 0.25) is 0 Å². The fourth-order valence-corrected chi connectivity index (χ4v) is 2.12. The number of carbonyl (C=O) groups is 2. The SMILES string of the molecule is CCNC(=O)c1ccc(-c2ccc(CC(=O)O)cc2)cc1F. The lowest BCUT2D eigenvalue weighted by Crippen LogP contribution is -2.23. The van der Waals surface area contributed by atoms with Crippen LogP contribution in [0.3, 0.4) is 0 Å². The predicted molar refractivity (Wildman–Crippen MR) is 81.2 cm³/mol. The average molecular weight is 301 g/mol. The van der Waals surface area contributed by atoms with Gasteiger partial charge >= 0.3 is 5.97 Å². The minimum Gasteiger partial charge on any atom is -0.481 e. The molecule has 0 saturated carbocycles. The molecule has 2 N–H and O–H groups in total. The first-order valence-corrected chi connectivity index (χ1v) is 6.90. The van der Waals surface area contributed by atoms with E-state index in [0.717, 1.165) is 5.56 Å². The number of hydrogen-bond donors (Lipinski definition) is 2. The van der Waals surface area contributed by atoms with Gasteiger partial charge in [-0.3, -0.25) is 9.59 Å². The lowest BCUT2D eigenvalue weighted by atomic mass is 10.0. The molecule has 0 aliphatic carbocycles. The van der Waals surface area contributed by atoms with Crippen molar-refractivity contribution in [3.63, 3.8) is 0 Å². The monoisotopic (exact) mass is 301 g/mol. The summed E-state index contributed by atoms with van der Waals surface area (Å²) in [6.07, 6.45) is -0.0508. The topological polar surface area (TPSA) is 66.4 Å². The van der Waals surface area contributed by atoms with Crippen LogP contribution in [0.25, 0.3) is 11.1 Å². The van der Waals surface area contributed by atoms with Gasteiger partial charge in [-0.25, -0.2) is 4.39 Å². The van der Waals surface area contributed by atoms with E-state index in [1.54, 1.807) is 37.3 Å². The lowest BCUT2D eigenvalue weighted by Gasteiger charge is -2.07. The molecule has 0 aliphatic rings. The molecule has 0 aromatic heterocycles. The van der Waals surface area contributed by atoms with E-state index in [2.05, 4.69) is 5.32 Å². The van der Waals surface area contributed by atoms with Crippen LogP contribution in [0, 0.1) is 5.82 Å². The zero-order chi connectivity index (χ0) is 16.1. The Kier molecular flexibility index (Phi) is 4.88. The predicted octanol–water partition coefficient (Wildman–Crippen LogP) is 2.87. The highest BCUT2D eigenvalue weighted by atomic mass is 19.1. The second-order valence-corrected chi connectivity index (χ2v) is 4.82. The van der Waals surface area contributed by atoms with Crippen molar-refractivity contribution in [2.45, 2.75) is 13.3 Å². The highest BCUT2D eigenvalue weighted by molar-refractivity contribution is 5.95. The Bertz CT molecular complexity index is 696. The molecule has 0 bridgehead atoms. The molecule has 0 aliphatic heterocycles. The molecule has 22 heavy (non-hydrogen) atoms. The third-order valence-corrected chi connectivity index (χ3v) is 3.19. The summed E-state index contributed by atoms with van der Waals surface area (Å²) in [6.45, 7) is 2.20. The maximum atomic E-state index is 14.0. The molecular weight excluding hydrogens is 285 g/mol. The molecule has 2 aromatic carbocycles. The summed E-state index contributed by atoms with van der Waals surface area (Å²) in [5.74, 6) is -1.92. The fourth-order valence-electron chi connectivity index (χ4n) is 2.12. The number of aliphatic carboxylic acids is 1. The van der Waals surface area contributed by atoms with Crippen LogP contribution in [-0.2, 0) is 11.2 Å². The Hall–Kier alpha value is -2.69. The van der Waals surface area contributed by atoms with Gasteiger partial charge < -0.3 is 10.4 Å². The van der Waals surface area contributed by atoms with Crippen molar-refractivity contribution >= 4 is 11.9 Å². The fraction of sp³-hybridized carbons (Fsp3) is 0.176. The first-order chi connectivity index (χ1) is 10.5. The third kappa shape index (κ3) is 3.69. The molecule has 1 amide bonds. The summed E-state index contributed by atoms with van der Waals surface area (Å²) in [7, 11) is 0. The Morgan fingerprint density at radius 1 is 1.09 bits per heavy atom. The molecule has 0 fully saturated rings. The summed E-state index contributed by atoms with van der Waals surface area (Å²) in [5.41, 5.74) is 2.08. The first-order valence-electron chi connectivity index (χ1n) is 6.90. The van der Waals surface area contributed by atoms with Gasteiger partial charge in [0.15, 0.2) is 0 Å². The van der Waals surface area contributed by atoms with Gasteiger partial charge in [0.1, 0.15) is 5.82 Å². The molecule has 0 atom stereocenters. The van der Waals surface area contributed by atoms with Crippen molar-refractivity contribution in [1.29, 1.82) is 0 Å². The van der Waals surface area contributed by atoms with E-state index < -0.39 is 17.7 Å².